The van der Waals surface area contributed by atoms with E-state index < -0.39 is 0 Å². The maximum absolute atomic E-state index is 12.2. The third-order valence-electron chi connectivity index (χ3n) is 3.54. The molecule has 18 heavy (non-hydrogen) atoms. The Bertz CT molecular complexity index is 408. The van der Waals surface area contributed by atoms with E-state index in [2.05, 4.69) is 11.1 Å². The minimum absolute atomic E-state index is 0.341. The maximum Gasteiger partial charge on any atom is 0.158 e. The number of nitrogens with zero attached hydrogens (tertiary/aromatic N) is 1. The van der Waals surface area contributed by atoms with Gasteiger partial charge in [-0.05, 0) is 55.4 Å². The zero-order valence-electron chi connectivity index (χ0n) is 10.9. The average molecular weight is 243 g/mol. The number of Topliss-reactive ketones (excluding diaryl/α,β-unsaturated/α-hetero) is 1. The lowest BCUT2D eigenvalue weighted by atomic mass is 9.94. The molecule has 0 amide bonds. The van der Waals surface area contributed by atoms with E-state index in [4.69, 9.17) is 0 Å². The van der Waals surface area contributed by atoms with Gasteiger partial charge >= 0.3 is 0 Å². The summed E-state index contributed by atoms with van der Waals surface area (Å²) < 4.78 is 0. The highest BCUT2D eigenvalue weighted by atomic mass is 16.1. The molecular weight excluding hydrogens is 222 g/mol. The number of pyridine rings is 1. The Morgan fingerprint density at radius 3 is 2.72 bits per heavy atom. The van der Waals surface area contributed by atoms with Crippen LogP contribution in [-0.4, -0.2) is 10.8 Å². The Hall–Kier alpha value is -1.44. The summed E-state index contributed by atoms with van der Waals surface area (Å²) in [6.07, 6.45) is 14.3. The van der Waals surface area contributed by atoms with E-state index in [9.17, 15) is 4.79 Å². The molecule has 96 valence electrons. The van der Waals surface area contributed by atoms with Gasteiger partial charge in [0.15, 0.2) is 5.78 Å². The van der Waals surface area contributed by atoms with E-state index in [-0.39, 0.29) is 0 Å². The Kier molecular flexibility index (Phi) is 5.13. The second-order valence-corrected chi connectivity index (χ2v) is 4.96. The van der Waals surface area contributed by atoms with Crippen molar-refractivity contribution in [3.05, 3.63) is 41.7 Å². The van der Waals surface area contributed by atoms with Gasteiger partial charge in [-0.15, -0.1) is 0 Å². The van der Waals surface area contributed by atoms with Crippen LogP contribution in [0.4, 0.5) is 0 Å². The van der Waals surface area contributed by atoms with E-state index in [0.29, 0.717) is 12.2 Å². The molecule has 0 unspecified atom stereocenters. The van der Waals surface area contributed by atoms with E-state index in [1.54, 1.807) is 12.4 Å². The van der Waals surface area contributed by atoms with Crippen molar-refractivity contribution < 1.29 is 4.79 Å². The van der Waals surface area contributed by atoms with Crippen molar-refractivity contribution in [2.45, 2.75) is 51.4 Å². The number of allylic oxidation sites excluding steroid dienone is 2. The molecule has 0 N–H and O–H groups in total. The third-order valence-corrected chi connectivity index (χ3v) is 3.54. The van der Waals surface area contributed by atoms with Crippen molar-refractivity contribution in [1.29, 1.82) is 0 Å². The van der Waals surface area contributed by atoms with Gasteiger partial charge in [0, 0.05) is 18.8 Å². The van der Waals surface area contributed by atoms with Gasteiger partial charge in [-0.25, -0.2) is 0 Å². The molecule has 2 rings (SSSR count). The van der Waals surface area contributed by atoms with Gasteiger partial charge < -0.3 is 0 Å². The van der Waals surface area contributed by atoms with Crippen molar-refractivity contribution in [3.63, 3.8) is 0 Å². The molecule has 1 aromatic heterocycles. The summed E-state index contributed by atoms with van der Waals surface area (Å²) in [6.45, 7) is 0. The Morgan fingerprint density at radius 1 is 1.11 bits per heavy atom. The van der Waals surface area contributed by atoms with Crippen LogP contribution in [0, 0.1) is 0 Å². The molecule has 0 spiro atoms. The summed E-state index contributed by atoms with van der Waals surface area (Å²) in [5.74, 6) is 0.341. The van der Waals surface area contributed by atoms with Gasteiger partial charge in [0.05, 0.1) is 0 Å². The van der Waals surface area contributed by atoms with Gasteiger partial charge in [0.2, 0.25) is 0 Å². The Labute approximate surface area is 109 Å². The van der Waals surface area contributed by atoms with Crippen LogP contribution in [0.3, 0.4) is 0 Å². The number of hydrogen-bond acceptors (Lipinski definition) is 2. The molecule has 1 aliphatic carbocycles. The van der Waals surface area contributed by atoms with Crippen LogP contribution in [0.1, 0.15) is 50.5 Å². The largest absolute Gasteiger partial charge is 0.295 e. The highest BCUT2D eigenvalue weighted by Gasteiger charge is 2.10. The zero-order valence-corrected chi connectivity index (χ0v) is 10.9. The molecule has 0 atom stereocenters. The summed E-state index contributed by atoms with van der Waals surface area (Å²) in [4.78, 5) is 16.1. The van der Waals surface area contributed by atoms with Crippen LogP contribution in [0.2, 0.25) is 0 Å². The number of ketones is 1. The molecule has 2 heteroatoms. The zero-order chi connectivity index (χ0) is 12.6. The predicted octanol–water partition coefficient (Wildman–Crippen LogP) is 3.86. The first-order chi connectivity index (χ1) is 8.86. The van der Waals surface area contributed by atoms with E-state index in [1.807, 2.05) is 12.1 Å². The van der Waals surface area contributed by atoms with Crippen molar-refractivity contribution in [1.82, 2.24) is 4.98 Å². The summed E-state index contributed by atoms with van der Waals surface area (Å²) in [5, 5.41) is 0. The smallest absolute Gasteiger partial charge is 0.158 e. The molecule has 0 radical (unpaired) electrons. The lowest BCUT2D eigenvalue weighted by molar-refractivity contribution is -0.115. The monoisotopic (exact) mass is 243 g/mol. The van der Waals surface area contributed by atoms with Gasteiger partial charge in [-0.2, -0.15) is 0 Å². The fraction of sp³-hybridized carbons (Fsp3) is 0.500. The van der Waals surface area contributed by atoms with Gasteiger partial charge in [0.25, 0.3) is 0 Å². The topological polar surface area (TPSA) is 30.0 Å². The van der Waals surface area contributed by atoms with E-state index in [0.717, 1.165) is 24.8 Å². The SMILES string of the molecule is O=C(CCc1ccncc1)/C1=C/CCCCCC1. The summed E-state index contributed by atoms with van der Waals surface area (Å²) in [5.41, 5.74) is 2.27. The van der Waals surface area contributed by atoms with E-state index >= 15 is 0 Å². The summed E-state index contributed by atoms with van der Waals surface area (Å²) in [6, 6.07) is 3.97. The highest BCUT2D eigenvalue weighted by molar-refractivity contribution is 5.95. The quantitative estimate of drug-likeness (QED) is 0.803. The minimum atomic E-state index is 0.341. The van der Waals surface area contributed by atoms with Crippen molar-refractivity contribution in [2.75, 3.05) is 0 Å². The fourth-order valence-electron chi connectivity index (χ4n) is 2.41. The first-order valence-electron chi connectivity index (χ1n) is 6.97. The molecule has 1 aliphatic rings. The predicted molar refractivity (Wildman–Crippen MR) is 73.4 cm³/mol. The molecule has 2 nitrogen and oxygen atoms in total. The second-order valence-electron chi connectivity index (χ2n) is 4.96. The normalized spacial score (nSPS) is 19.4. The van der Waals surface area contributed by atoms with Crippen molar-refractivity contribution in [2.24, 2.45) is 0 Å². The Balaban J connectivity index is 1.87. The number of carbonyl (C=O) groups is 1. The molecule has 0 saturated carbocycles. The standard InChI is InChI=1S/C16H21NO/c18-16(9-8-14-10-12-17-13-11-14)15-6-4-2-1-3-5-7-15/h6,10-13H,1-5,7-9H2/b15-6+. The molecule has 0 saturated heterocycles. The lowest BCUT2D eigenvalue weighted by Crippen LogP contribution is -2.06. The van der Waals surface area contributed by atoms with Crippen LogP contribution in [0.25, 0.3) is 0 Å². The van der Waals surface area contributed by atoms with Gasteiger partial charge in [-0.1, -0.05) is 18.9 Å². The van der Waals surface area contributed by atoms with Crippen LogP contribution >= 0.6 is 0 Å². The third kappa shape index (κ3) is 4.10. The summed E-state index contributed by atoms with van der Waals surface area (Å²) in [7, 11) is 0. The first-order valence-corrected chi connectivity index (χ1v) is 6.97. The molecule has 1 heterocycles. The minimum Gasteiger partial charge on any atom is -0.295 e. The van der Waals surface area contributed by atoms with Crippen LogP contribution in [-0.2, 0) is 11.2 Å². The maximum atomic E-state index is 12.2. The average Bonchev–Trinajstić information content (AvgIpc) is 2.37. The van der Waals surface area contributed by atoms with Crippen LogP contribution < -0.4 is 0 Å². The highest BCUT2D eigenvalue weighted by Crippen LogP contribution is 2.19. The Morgan fingerprint density at radius 2 is 1.89 bits per heavy atom. The van der Waals surface area contributed by atoms with Gasteiger partial charge in [0.1, 0.15) is 0 Å². The number of hydrogen-bond donors (Lipinski definition) is 0. The number of carbonyl (C=O) groups excluding carboxylic acids is 1. The molecular formula is C16H21NO. The first kappa shape index (κ1) is 13.0. The van der Waals surface area contributed by atoms with Crippen molar-refractivity contribution >= 4 is 5.78 Å². The van der Waals surface area contributed by atoms with Crippen LogP contribution in [0.15, 0.2) is 36.2 Å². The molecule has 1 aromatic rings. The number of aryl methyl sites for hydroxylation is 1. The van der Waals surface area contributed by atoms with Crippen molar-refractivity contribution in [3.8, 4) is 0 Å². The number of aromatic nitrogens is 1. The van der Waals surface area contributed by atoms with E-state index in [1.165, 1.54) is 31.2 Å². The second kappa shape index (κ2) is 7.10. The molecule has 0 aromatic carbocycles. The number of rotatable bonds is 4. The lowest BCUT2D eigenvalue weighted by Gasteiger charge is -2.10. The van der Waals surface area contributed by atoms with Crippen LogP contribution in [0.5, 0.6) is 0 Å². The fourth-order valence-corrected chi connectivity index (χ4v) is 2.41. The molecule has 0 fully saturated rings. The molecule has 0 aliphatic heterocycles. The van der Waals surface area contributed by atoms with Gasteiger partial charge in [-0.3, -0.25) is 9.78 Å². The summed E-state index contributed by atoms with van der Waals surface area (Å²) >= 11 is 0. The molecule has 0 bridgehead atoms.